The first-order chi connectivity index (χ1) is 10.0. The largest absolute Gasteiger partial charge is 0.416 e. The SMILES string of the molecule is FC(F)(F)c1ccc(N=Cc2cccc3cc[nH]c23)cc1. The Hall–Kier alpha value is -2.56. The minimum Gasteiger partial charge on any atom is -0.361 e. The molecule has 21 heavy (non-hydrogen) atoms. The maximum Gasteiger partial charge on any atom is 0.416 e. The summed E-state index contributed by atoms with van der Waals surface area (Å²) >= 11 is 0. The summed E-state index contributed by atoms with van der Waals surface area (Å²) in [6.45, 7) is 0. The van der Waals surface area contributed by atoms with Crippen molar-refractivity contribution in [1.82, 2.24) is 4.98 Å². The Kier molecular flexibility index (Phi) is 3.25. The molecule has 0 fully saturated rings. The molecule has 1 aromatic heterocycles. The number of benzene rings is 2. The average molecular weight is 288 g/mol. The summed E-state index contributed by atoms with van der Waals surface area (Å²) in [4.78, 5) is 7.33. The van der Waals surface area contributed by atoms with Gasteiger partial charge in [0.1, 0.15) is 0 Å². The Labute approximate surface area is 119 Å². The van der Waals surface area contributed by atoms with E-state index in [2.05, 4.69) is 9.98 Å². The smallest absolute Gasteiger partial charge is 0.361 e. The number of hydrogen-bond donors (Lipinski definition) is 1. The van der Waals surface area contributed by atoms with Crippen molar-refractivity contribution in [2.24, 2.45) is 4.99 Å². The predicted octanol–water partition coefficient (Wildman–Crippen LogP) is 4.94. The molecule has 3 aromatic rings. The van der Waals surface area contributed by atoms with Crippen molar-refractivity contribution in [1.29, 1.82) is 0 Å². The fourth-order valence-corrected chi connectivity index (χ4v) is 2.10. The number of aromatic amines is 1. The number of para-hydroxylation sites is 1. The molecule has 3 rings (SSSR count). The van der Waals surface area contributed by atoms with Gasteiger partial charge in [-0.15, -0.1) is 0 Å². The maximum atomic E-state index is 12.5. The van der Waals surface area contributed by atoms with Crippen LogP contribution < -0.4 is 0 Å². The molecule has 106 valence electrons. The van der Waals surface area contributed by atoms with Gasteiger partial charge < -0.3 is 4.98 Å². The molecule has 2 nitrogen and oxygen atoms in total. The number of hydrogen-bond acceptors (Lipinski definition) is 1. The number of nitrogens with zero attached hydrogens (tertiary/aromatic N) is 1. The van der Waals surface area contributed by atoms with Gasteiger partial charge >= 0.3 is 6.18 Å². The summed E-state index contributed by atoms with van der Waals surface area (Å²) in [6.07, 6.45) is -0.848. The molecule has 1 heterocycles. The lowest BCUT2D eigenvalue weighted by atomic mass is 10.1. The third-order valence-electron chi connectivity index (χ3n) is 3.17. The van der Waals surface area contributed by atoms with Gasteiger partial charge in [-0.1, -0.05) is 18.2 Å². The highest BCUT2D eigenvalue weighted by molar-refractivity contribution is 5.98. The van der Waals surface area contributed by atoms with Gasteiger partial charge in [-0.05, 0) is 30.3 Å². The molecule has 2 aromatic carbocycles. The first kappa shape index (κ1) is 13.4. The van der Waals surface area contributed by atoms with Gasteiger partial charge in [0.05, 0.1) is 16.8 Å². The number of halogens is 3. The summed E-state index contributed by atoms with van der Waals surface area (Å²) in [5.74, 6) is 0. The second kappa shape index (κ2) is 5.09. The van der Waals surface area contributed by atoms with Gasteiger partial charge in [-0.3, -0.25) is 4.99 Å². The van der Waals surface area contributed by atoms with E-state index in [-0.39, 0.29) is 0 Å². The summed E-state index contributed by atoms with van der Waals surface area (Å²) < 4.78 is 37.4. The van der Waals surface area contributed by atoms with E-state index in [4.69, 9.17) is 0 Å². The van der Waals surface area contributed by atoms with Gasteiger partial charge in [-0.25, -0.2) is 0 Å². The topological polar surface area (TPSA) is 28.1 Å². The van der Waals surface area contributed by atoms with E-state index in [1.165, 1.54) is 12.1 Å². The molecule has 0 aliphatic rings. The van der Waals surface area contributed by atoms with Crippen molar-refractivity contribution in [2.75, 3.05) is 0 Å². The van der Waals surface area contributed by atoms with E-state index in [1.54, 1.807) is 6.21 Å². The highest BCUT2D eigenvalue weighted by Gasteiger charge is 2.29. The highest BCUT2D eigenvalue weighted by atomic mass is 19.4. The van der Waals surface area contributed by atoms with Crippen molar-refractivity contribution >= 4 is 22.8 Å². The fourth-order valence-electron chi connectivity index (χ4n) is 2.10. The minimum atomic E-state index is -4.32. The Morgan fingerprint density at radius 1 is 0.952 bits per heavy atom. The zero-order chi connectivity index (χ0) is 14.9. The summed E-state index contributed by atoms with van der Waals surface area (Å²) in [7, 11) is 0. The molecule has 0 bridgehead atoms. The number of nitrogens with one attached hydrogen (secondary N) is 1. The lowest BCUT2D eigenvalue weighted by Crippen LogP contribution is -2.03. The van der Waals surface area contributed by atoms with Gasteiger partial charge in [-0.2, -0.15) is 13.2 Å². The van der Waals surface area contributed by atoms with Crippen molar-refractivity contribution in [3.63, 3.8) is 0 Å². The lowest BCUT2D eigenvalue weighted by Gasteiger charge is -2.05. The Morgan fingerprint density at radius 2 is 1.71 bits per heavy atom. The van der Waals surface area contributed by atoms with Crippen molar-refractivity contribution < 1.29 is 13.2 Å². The Balaban J connectivity index is 1.88. The van der Waals surface area contributed by atoms with Crippen LogP contribution >= 0.6 is 0 Å². The van der Waals surface area contributed by atoms with E-state index in [9.17, 15) is 13.2 Å². The molecule has 0 amide bonds. The number of H-pyrrole nitrogens is 1. The molecule has 5 heteroatoms. The van der Waals surface area contributed by atoms with Crippen molar-refractivity contribution in [3.05, 3.63) is 65.9 Å². The van der Waals surface area contributed by atoms with Crippen LogP contribution in [0.4, 0.5) is 18.9 Å². The first-order valence-corrected chi connectivity index (χ1v) is 6.31. The van der Waals surface area contributed by atoms with Crippen LogP contribution in [0.2, 0.25) is 0 Å². The van der Waals surface area contributed by atoms with Gasteiger partial charge in [0.2, 0.25) is 0 Å². The third kappa shape index (κ3) is 2.81. The predicted molar refractivity (Wildman–Crippen MR) is 77.0 cm³/mol. The van der Waals surface area contributed by atoms with Crippen LogP contribution in [-0.4, -0.2) is 11.2 Å². The second-order valence-electron chi connectivity index (χ2n) is 4.59. The monoisotopic (exact) mass is 288 g/mol. The number of alkyl halides is 3. The van der Waals surface area contributed by atoms with Gasteiger partial charge in [0, 0.05) is 23.4 Å². The van der Waals surface area contributed by atoms with E-state index < -0.39 is 11.7 Å². The highest BCUT2D eigenvalue weighted by Crippen LogP contribution is 2.30. The molecule has 0 saturated carbocycles. The van der Waals surface area contributed by atoms with E-state index in [1.807, 2.05) is 30.5 Å². The number of rotatable bonds is 2. The third-order valence-corrected chi connectivity index (χ3v) is 3.17. The molecule has 0 saturated heterocycles. The van der Waals surface area contributed by atoms with Crippen LogP contribution in [0.5, 0.6) is 0 Å². The van der Waals surface area contributed by atoms with E-state index in [0.29, 0.717) is 5.69 Å². The normalized spacial score (nSPS) is 12.3. The van der Waals surface area contributed by atoms with Crippen LogP contribution in [0.25, 0.3) is 10.9 Å². The van der Waals surface area contributed by atoms with E-state index >= 15 is 0 Å². The quantitative estimate of drug-likeness (QED) is 0.647. The maximum absolute atomic E-state index is 12.5. The zero-order valence-electron chi connectivity index (χ0n) is 10.9. The van der Waals surface area contributed by atoms with Crippen LogP contribution in [0.15, 0.2) is 59.7 Å². The molecule has 0 aliphatic carbocycles. The molecule has 1 N–H and O–H groups in total. The standard InChI is InChI=1S/C16H11F3N2/c17-16(18,19)13-4-6-14(7-5-13)21-10-12-3-1-2-11-8-9-20-15(11)12/h1-10,20H. The van der Waals surface area contributed by atoms with E-state index in [0.717, 1.165) is 28.6 Å². The second-order valence-corrected chi connectivity index (χ2v) is 4.59. The zero-order valence-corrected chi connectivity index (χ0v) is 10.9. The van der Waals surface area contributed by atoms with Crippen LogP contribution in [0, 0.1) is 0 Å². The number of aromatic nitrogens is 1. The van der Waals surface area contributed by atoms with Crippen molar-refractivity contribution in [2.45, 2.75) is 6.18 Å². The van der Waals surface area contributed by atoms with Crippen LogP contribution in [0.1, 0.15) is 11.1 Å². The average Bonchev–Trinajstić information content (AvgIpc) is 2.93. The van der Waals surface area contributed by atoms with Crippen molar-refractivity contribution in [3.8, 4) is 0 Å². The molecule has 0 atom stereocenters. The molecular formula is C16H11F3N2. The molecule has 0 radical (unpaired) electrons. The molecule has 0 spiro atoms. The molecule has 0 unspecified atom stereocenters. The van der Waals surface area contributed by atoms with Gasteiger partial charge in [0.25, 0.3) is 0 Å². The minimum absolute atomic E-state index is 0.478. The lowest BCUT2D eigenvalue weighted by molar-refractivity contribution is -0.137. The molecule has 0 aliphatic heterocycles. The van der Waals surface area contributed by atoms with Gasteiger partial charge in [0.15, 0.2) is 0 Å². The Morgan fingerprint density at radius 3 is 2.43 bits per heavy atom. The van der Waals surface area contributed by atoms with Crippen LogP contribution in [-0.2, 0) is 6.18 Å². The Bertz CT molecular complexity index is 783. The summed E-state index contributed by atoms with van der Waals surface area (Å²) in [5.41, 5.74) is 1.64. The fraction of sp³-hybridized carbons (Fsp3) is 0.0625. The van der Waals surface area contributed by atoms with Crippen LogP contribution in [0.3, 0.4) is 0 Å². The number of fused-ring (bicyclic) bond motifs is 1. The molecular weight excluding hydrogens is 277 g/mol. The summed E-state index contributed by atoms with van der Waals surface area (Å²) in [6, 6.07) is 12.5. The number of aliphatic imine (C=N–C) groups is 1. The first-order valence-electron chi connectivity index (χ1n) is 6.31. The summed E-state index contributed by atoms with van der Waals surface area (Å²) in [5, 5.41) is 1.06.